The molecule has 212 valence electrons. The van der Waals surface area contributed by atoms with Gasteiger partial charge in [-0.15, -0.1) is 0 Å². The van der Waals surface area contributed by atoms with E-state index in [4.69, 9.17) is 15.7 Å². The topological polar surface area (TPSA) is 128 Å². The van der Waals surface area contributed by atoms with Crippen molar-refractivity contribution < 1.29 is 9.59 Å². The number of hydrogen-bond acceptors (Lipinski definition) is 6. The van der Waals surface area contributed by atoms with Crippen LogP contribution in [0.4, 0.5) is 11.5 Å². The first-order chi connectivity index (χ1) is 20.9. The largest absolute Gasteiger partial charge is 0.383 e. The van der Waals surface area contributed by atoms with Crippen molar-refractivity contribution in [3.05, 3.63) is 120 Å². The number of nitrogens with two attached hydrogens (primary N) is 1. The summed E-state index contributed by atoms with van der Waals surface area (Å²) in [7, 11) is 0. The molecule has 0 fully saturated rings. The lowest BCUT2D eigenvalue weighted by molar-refractivity contribution is -0.114. The minimum Gasteiger partial charge on any atom is -0.383 e. The molecule has 0 radical (unpaired) electrons. The van der Waals surface area contributed by atoms with Crippen LogP contribution in [0, 0.1) is 6.92 Å². The van der Waals surface area contributed by atoms with Crippen LogP contribution in [-0.2, 0) is 11.3 Å². The zero-order valence-electron chi connectivity index (χ0n) is 23.7. The quantitative estimate of drug-likeness (QED) is 0.219. The number of rotatable bonds is 7. The van der Waals surface area contributed by atoms with Crippen LogP contribution in [0.1, 0.15) is 28.4 Å². The fourth-order valence-corrected chi connectivity index (χ4v) is 5.01. The molecule has 9 heteroatoms. The minimum absolute atomic E-state index is 0.130. The third kappa shape index (κ3) is 5.69. The SMILES string of the molecule is CC(=O)Nc1cccc(-c2nc3c(cc2C)nc(-c2cccnc2N)n3-c2ccc(CNC(=O)c3ccccc3)cc2)c1. The number of hydrogen-bond donors (Lipinski definition) is 3. The van der Waals surface area contributed by atoms with Crippen molar-refractivity contribution >= 4 is 34.5 Å². The van der Waals surface area contributed by atoms with Gasteiger partial charge in [-0.05, 0) is 72.6 Å². The molecule has 0 saturated carbocycles. The predicted octanol–water partition coefficient (Wildman–Crippen LogP) is 5.93. The Bertz CT molecular complexity index is 1970. The number of nitrogens with zero attached hydrogens (tertiary/aromatic N) is 4. The monoisotopic (exact) mass is 567 g/mol. The first-order valence-electron chi connectivity index (χ1n) is 13.8. The zero-order chi connectivity index (χ0) is 29.9. The van der Waals surface area contributed by atoms with Crippen LogP contribution < -0.4 is 16.4 Å². The van der Waals surface area contributed by atoms with E-state index in [2.05, 4.69) is 15.6 Å². The van der Waals surface area contributed by atoms with Crippen molar-refractivity contribution in [3.8, 4) is 28.3 Å². The number of pyridine rings is 2. The molecule has 0 bridgehead atoms. The summed E-state index contributed by atoms with van der Waals surface area (Å²) in [5.74, 6) is 0.701. The van der Waals surface area contributed by atoms with Crippen LogP contribution in [0.15, 0.2) is 103 Å². The van der Waals surface area contributed by atoms with E-state index in [1.54, 1.807) is 18.3 Å². The molecule has 43 heavy (non-hydrogen) atoms. The Morgan fingerprint density at radius 3 is 2.42 bits per heavy atom. The predicted molar refractivity (Wildman–Crippen MR) is 169 cm³/mol. The maximum absolute atomic E-state index is 12.5. The lowest BCUT2D eigenvalue weighted by atomic mass is 10.1. The second-order valence-corrected chi connectivity index (χ2v) is 10.2. The van der Waals surface area contributed by atoms with Gasteiger partial charge in [0.15, 0.2) is 11.5 Å². The third-order valence-electron chi connectivity index (χ3n) is 7.04. The summed E-state index contributed by atoms with van der Waals surface area (Å²) in [5, 5.41) is 5.81. The average molecular weight is 568 g/mol. The number of imidazole rings is 1. The molecular formula is C34H29N7O2. The van der Waals surface area contributed by atoms with Crippen LogP contribution in [0.3, 0.4) is 0 Å². The number of nitrogens with one attached hydrogen (secondary N) is 2. The summed E-state index contributed by atoms with van der Waals surface area (Å²) >= 11 is 0. The first-order valence-corrected chi connectivity index (χ1v) is 13.8. The van der Waals surface area contributed by atoms with Crippen molar-refractivity contribution in [3.63, 3.8) is 0 Å². The molecule has 0 aliphatic carbocycles. The number of carbonyl (C=O) groups is 2. The van der Waals surface area contributed by atoms with Crippen molar-refractivity contribution in [1.29, 1.82) is 0 Å². The Kier molecular flexibility index (Phi) is 7.36. The van der Waals surface area contributed by atoms with Crippen molar-refractivity contribution in [2.45, 2.75) is 20.4 Å². The Morgan fingerprint density at radius 1 is 0.884 bits per heavy atom. The third-order valence-corrected chi connectivity index (χ3v) is 7.04. The maximum Gasteiger partial charge on any atom is 0.251 e. The van der Waals surface area contributed by atoms with Gasteiger partial charge in [0.25, 0.3) is 5.91 Å². The summed E-state index contributed by atoms with van der Waals surface area (Å²) in [6, 6.07) is 30.3. The molecule has 3 heterocycles. The maximum atomic E-state index is 12.5. The molecule has 3 aromatic carbocycles. The van der Waals surface area contributed by atoms with E-state index in [1.165, 1.54) is 6.92 Å². The highest BCUT2D eigenvalue weighted by atomic mass is 16.2. The van der Waals surface area contributed by atoms with Gasteiger partial charge in [0.2, 0.25) is 5.91 Å². The number of benzene rings is 3. The van der Waals surface area contributed by atoms with Crippen LogP contribution in [0.5, 0.6) is 0 Å². The number of aromatic nitrogens is 4. The highest BCUT2D eigenvalue weighted by Crippen LogP contribution is 2.33. The fraction of sp³-hybridized carbons (Fsp3) is 0.0882. The number of amides is 2. The van der Waals surface area contributed by atoms with E-state index in [1.807, 2.05) is 96.4 Å². The molecule has 0 atom stereocenters. The van der Waals surface area contributed by atoms with Gasteiger partial charge >= 0.3 is 0 Å². The van der Waals surface area contributed by atoms with Crippen molar-refractivity contribution in [1.82, 2.24) is 24.8 Å². The van der Waals surface area contributed by atoms with Gasteiger partial charge in [0, 0.05) is 42.2 Å². The highest BCUT2D eigenvalue weighted by Gasteiger charge is 2.20. The molecule has 0 saturated heterocycles. The van der Waals surface area contributed by atoms with E-state index in [0.717, 1.165) is 28.1 Å². The van der Waals surface area contributed by atoms with Crippen LogP contribution in [-0.4, -0.2) is 31.3 Å². The van der Waals surface area contributed by atoms with Gasteiger partial charge in [-0.3, -0.25) is 14.2 Å². The molecule has 9 nitrogen and oxygen atoms in total. The second kappa shape index (κ2) is 11.6. The van der Waals surface area contributed by atoms with Gasteiger partial charge < -0.3 is 16.4 Å². The number of aryl methyl sites for hydroxylation is 1. The zero-order valence-corrected chi connectivity index (χ0v) is 23.7. The van der Waals surface area contributed by atoms with Crippen LogP contribution in [0.25, 0.3) is 39.5 Å². The van der Waals surface area contributed by atoms with Gasteiger partial charge in [-0.25, -0.2) is 15.0 Å². The standard InChI is InChI=1S/C34H29N7O2/c1-21-18-29-33(40-30(21)25-10-6-11-26(19-25)38-22(2)42)41(32(39-29)28-12-7-17-36-31(28)35)27-15-13-23(14-16-27)20-37-34(43)24-8-4-3-5-9-24/h3-19H,20H2,1-2H3,(H2,35,36)(H,37,43)(H,38,42). The average Bonchev–Trinajstić information content (AvgIpc) is 3.38. The Hall–Kier alpha value is -5.83. The molecular weight excluding hydrogens is 538 g/mol. The highest BCUT2D eigenvalue weighted by molar-refractivity contribution is 5.94. The first kappa shape index (κ1) is 27.3. The van der Waals surface area contributed by atoms with E-state index in [0.29, 0.717) is 46.2 Å². The summed E-state index contributed by atoms with van der Waals surface area (Å²) in [6.45, 7) is 3.85. The van der Waals surface area contributed by atoms with E-state index in [9.17, 15) is 9.59 Å². The number of anilines is 2. The van der Waals surface area contributed by atoms with E-state index < -0.39 is 0 Å². The Morgan fingerprint density at radius 2 is 1.67 bits per heavy atom. The summed E-state index contributed by atoms with van der Waals surface area (Å²) in [6.07, 6.45) is 1.65. The molecule has 4 N–H and O–H groups in total. The molecule has 6 rings (SSSR count). The van der Waals surface area contributed by atoms with E-state index in [-0.39, 0.29) is 11.8 Å². The fourth-order valence-electron chi connectivity index (χ4n) is 5.01. The smallest absolute Gasteiger partial charge is 0.251 e. The lowest BCUT2D eigenvalue weighted by Crippen LogP contribution is -2.22. The second-order valence-electron chi connectivity index (χ2n) is 10.2. The van der Waals surface area contributed by atoms with Crippen LogP contribution >= 0.6 is 0 Å². The number of carbonyl (C=O) groups excluding carboxylic acids is 2. The molecule has 0 spiro atoms. The molecule has 0 aliphatic heterocycles. The number of fused-ring (bicyclic) bond motifs is 1. The minimum atomic E-state index is -0.142. The van der Waals surface area contributed by atoms with Gasteiger partial charge in [0.05, 0.1) is 11.3 Å². The molecule has 0 aliphatic rings. The molecule has 0 unspecified atom stereocenters. The van der Waals surface area contributed by atoms with Crippen molar-refractivity contribution in [2.24, 2.45) is 0 Å². The van der Waals surface area contributed by atoms with Crippen LogP contribution in [0.2, 0.25) is 0 Å². The van der Waals surface area contributed by atoms with Gasteiger partial charge in [0.1, 0.15) is 11.3 Å². The molecule has 2 amide bonds. The van der Waals surface area contributed by atoms with Gasteiger partial charge in [-0.1, -0.05) is 42.5 Å². The Balaban J connectivity index is 1.42. The Labute approximate surface area is 248 Å². The molecule has 6 aromatic rings. The number of nitrogen functional groups attached to an aromatic ring is 1. The van der Waals surface area contributed by atoms with E-state index >= 15 is 0 Å². The summed E-state index contributed by atoms with van der Waals surface area (Å²) < 4.78 is 1.97. The summed E-state index contributed by atoms with van der Waals surface area (Å²) in [4.78, 5) is 38.5. The summed E-state index contributed by atoms with van der Waals surface area (Å²) in [5.41, 5.74) is 14.0. The molecule has 3 aromatic heterocycles. The van der Waals surface area contributed by atoms with Crippen molar-refractivity contribution in [2.75, 3.05) is 11.1 Å². The lowest BCUT2D eigenvalue weighted by Gasteiger charge is -2.13. The normalized spacial score (nSPS) is 10.9. The van der Waals surface area contributed by atoms with Gasteiger partial charge in [-0.2, -0.15) is 0 Å².